The zero-order valence-corrected chi connectivity index (χ0v) is 16.6. The summed E-state index contributed by atoms with van der Waals surface area (Å²) in [5.41, 5.74) is 1.95. The van der Waals surface area contributed by atoms with Crippen molar-refractivity contribution < 1.29 is 4.74 Å². The van der Waals surface area contributed by atoms with Crippen LogP contribution in [-0.4, -0.2) is 17.1 Å². The van der Waals surface area contributed by atoms with Gasteiger partial charge in [0.25, 0.3) is 0 Å². The maximum absolute atomic E-state index is 6.17. The van der Waals surface area contributed by atoms with Crippen LogP contribution in [0.1, 0.15) is 16.3 Å². The molecule has 0 atom stereocenters. The molecule has 0 aliphatic heterocycles. The first-order valence-electron chi connectivity index (χ1n) is 8.54. The smallest absolute Gasteiger partial charge is 0.143 e. The van der Waals surface area contributed by atoms with Gasteiger partial charge in [-0.1, -0.05) is 41.9 Å². The molecule has 0 aliphatic carbocycles. The van der Waals surface area contributed by atoms with Crippen LogP contribution in [0.15, 0.2) is 54.6 Å². The first-order valence-corrected chi connectivity index (χ1v) is 9.73. The number of fused-ring (bicyclic) bond motifs is 1. The second-order valence-electron chi connectivity index (χ2n) is 6.20. The number of rotatable bonds is 5. The molecule has 6 heteroatoms. The number of aromatic nitrogens is 2. The van der Waals surface area contributed by atoms with Crippen molar-refractivity contribution >= 4 is 44.7 Å². The van der Waals surface area contributed by atoms with Crippen LogP contribution in [0.5, 0.6) is 5.75 Å². The molecule has 1 N–H and O–H groups in total. The molecule has 4 rings (SSSR count). The largest absolute Gasteiger partial charge is 0.495 e. The Morgan fingerprint density at radius 2 is 1.89 bits per heavy atom. The van der Waals surface area contributed by atoms with Crippen LogP contribution in [0.25, 0.3) is 10.2 Å². The van der Waals surface area contributed by atoms with E-state index in [1.807, 2.05) is 30.3 Å². The van der Waals surface area contributed by atoms with Gasteiger partial charge in [0.1, 0.15) is 22.2 Å². The number of thiophene rings is 1. The number of benzene rings is 2. The third kappa shape index (κ3) is 3.89. The van der Waals surface area contributed by atoms with E-state index in [0.29, 0.717) is 17.2 Å². The lowest BCUT2D eigenvalue weighted by Gasteiger charge is -2.12. The molecule has 0 saturated heterocycles. The highest BCUT2D eigenvalue weighted by atomic mass is 35.5. The predicted molar refractivity (Wildman–Crippen MR) is 113 cm³/mol. The third-order valence-corrected chi connectivity index (χ3v) is 5.36. The second kappa shape index (κ2) is 7.55. The van der Waals surface area contributed by atoms with E-state index < -0.39 is 0 Å². The highest BCUT2D eigenvalue weighted by Crippen LogP contribution is 2.34. The van der Waals surface area contributed by atoms with Gasteiger partial charge in [-0.15, -0.1) is 11.3 Å². The highest BCUT2D eigenvalue weighted by Gasteiger charge is 2.13. The van der Waals surface area contributed by atoms with Crippen molar-refractivity contribution in [1.29, 1.82) is 0 Å². The van der Waals surface area contributed by atoms with Gasteiger partial charge >= 0.3 is 0 Å². The molecule has 4 nitrogen and oxygen atoms in total. The van der Waals surface area contributed by atoms with Crippen molar-refractivity contribution in [2.75, 3.05) is 12.4 Å². The van der Waals surface area contributed by atoms with Crippen LogP contribution in [0.2, 0.25) is 5.02 Å². The summed E-state index contributed by atoms with van der Waals surface area (Å²) in [5.74, 6) is 2.25. The zero-order valence-electron chi connectivity index (χ0n) is 15.0. The van der Waals surface area contributed by atoms with Gasteiger partial charge in [-0.2, -0.15) is 0 Å². The summed E-state index contributed by atoms with van der Waals surface area (Å²) in [6.07, 6.45) is 0.676. The van der Waals surface area contributed by atoms with Crippen molar-refractivity contribution in [3.63, 3.8) is 0 Å². The Morgan fingerprint density at radius 1 is 1.07 bits per heavy atom. The summed E-state index contributed by atoms with van der Waals surface area (Å²) in [7, 11) is 1.64. The number of nitrogens with one attached hydrogen (secondary N) is 1. The second-order valence-corrected chi connectivity index (χ2v) is 7.87. The molecule has 2 aromatic heterocycles. The van der Waals surface area contributed by atoms with E-state index >= 15 is 0 Å². The van der Waals surface area contributed by atoms with E-state index in [0.717, 1.165) is 27.5 Å². The summed E-state index contributed by atoms with van der Waals surface area (Å²) < 4.78 is 5.45. The molecular weight excluding hydrogens is 378 g/mol. The van der Waals surface area contributed by atoms with Crippen molar-refractivity contribution in [3.8, 4) is 5.75 Å². The maximum atomic E-state index is 6.17. The van der Waals surface area contributed by atoms with Crippen molar-refractivity contribution in [3.05, 3.63) is 75.9 Å². The lowest BCUT2D eigenvalue weighted by atomic mass is 10.1. The number of aryl methyl sites for hydroxylation is 1. The molecule has 136 valence electrons. The van der Waals surface area contributed by atoms with Gasteiger partial charge in [0, 0.05) is 16.3 Å². The molecule has 4 aromatic rings. The van der Waals surface area contributed by atoms with E-state index in [-0.39, 0.29) is 0 Å². The monoisotopic (exact) mass is 395 g/mol. The SMILES string of the molecule is COc1ccc(Cl)cc1Nc1nc(Cc2ccccc2)nc2sc(C)cc12. The fourth-order valence-corrected chi connectivity index (χ4v) is 4.01. The number of ether oxygens (including phenoxy) is 1. The lowest BCUT2D eigenvalue weighted by molar-refractivity contribution is 0.417. The molecule has 0 unspecified atom stereocenters. The molecule has 0 saturated carbocycles. The minimum atomic E-state index is 0.634. The summed E-state index contributed by atoms with van der Waals surface area (Å²) in [4.78, 5) is 11.7. The molecule has 2 aromatic carbocycles. The zero-order chi connectivity index (χ0) is 18.8. The average molecular weight is 396 g/mol. The average Bonchev–Trinajstić information content (AvgIpc) is 3.03. The number of halogens is 1. The topological polar surface area (TPSA) is 47.0 Å². The van der Waals surface area contributed by atoms with Gasteiger partial charge in [-0.05, 0) is 36.8 Å². The quantitative estimate of drug-likeness (QED) is 0.450. The van der Waals surface area contributed by atoms with E-state index in [1.54, 1.807) is 24.5 Å². The van der Waals surface area contributed by atoms with E-state index in [2.05, 4.69) is 30.4 Å². The Kier molecular flexibility index (Phi) is 4.97. The van der Waals surface area contributed by atoms with Gasteiger partial charge in [0.15, 0.2) is 0 Å². The van der Waals surface area contributed by atoms with Crippen LogP contribution in [0.4, 0.5) is 11.5 Å². The minimum Gasteiger partial charge on any atom is -0.495 e. The summed E-state index contributed by atoms with van der Waals surface area (Å²) in [6, 6.07) is 17.8. The molecule has 27 heavy (non-hydrogen) atoms. The fraction of sp³-hybridized carbons (Fsp3) is 0.143. The molecule has 2 heterocycles. The van der Waals surface area contributed by atoms with Crippen LogP contribution >= 0.6 is 22.9 Å². The number of nitrogens with zero attached hydrogens (tertiary/aromatic N) is 2. The Balaban J connectivity index is 1.78. The summed E-state index contributed by atoms with van der Waals surface area (Å²) in [5, 5.41) is 5.02. The lowest BCUT2D eigenvalue weighted by Crippen LogP contribution is -2.02. The Hall–Kier alpha value is -2.63. The maximum Gasteiger partial charge on any atom is 0.143 e. The molecule has 0 radical (unpaired) electrons. The Bertz CT molecular complexity index is 1100. The summed E-state index contributed by atoms with van der Waals surface area (Å²) in [6.45, 7) is 2.08. The summed E-state index contributed by atoms with van der Waals surface area (Å²) >= 11 is 7.84. The predicted octanol–water partition coefficient (Wildman–Crippen LogP) is 6.00. The fourth-order valence-electron chi connectivity index (χ4n) is 2.94. The molecule has 0 amide bonds. The van der Waals surface area contributed by atoms with E-state index in [9.17, 15) is 0 Å². The first kappa shape index (κ1) is 17.8. The number of hydrogen-bond acceptors (Lipinski definition) is 5. The number of hydrogen-bond donors (Lipinski definition) is 1. The van der Waals surface area contributed by atoms with Crippen LogP contribution in [0.3, 0.4) is 0 Å². The normalized spacial score (nSPS) is 10.9. The Labute approximate surface area is 166 Å². The Morgan fingerprint density at radius 3 is 2.67 bits per heavy atom. The third-order valence-electron chi connectivity index (χ3n) is 4.18. The van der Waals surface area contributed by atoms with Crippen LogP contribution in [0, 0.1) is 6.92 Å². The van der Waals surface area contributed by atoms with Gasteiger partial charge in [-0.3, -0.25) is 0 Å². The standard InChI is InChI=1S/C21H18ClN3OS/c1-13-10-16-20(23-17-12-15(22)8-9-18(17)26-2)24-19(25-21(16)27-13)11-14-6-4-3-5-7-14/h3-10,12H,11H2,1-2H3,(H,23,24,25). The first-order chi connectivity index (χ1) is 13.1. The highest BCUT2D eigenvalue weighted by molar-refractivity contribution is 7.18. The van der Waals surface area contributed by atoms with Gasteiger partial charge in [-0.25, -0.2) is 9.97 Å². The van der Waals surface area contributed by atoms with Crippen LogP contribution in [-0.2, 0) is 6.42 Å². The number of methoxy groups -OCH3 is 1. The van der Waals surface area contributed by atoms with Crippen molar-refractivity contribution in [1.82, 2.24) is 9.97 Å². The van der Waals surface area contributed by atoms with Gasteiger partial charge in [0.05, 0.1) is 18.2 Å². The van der Waals surface area contributed by atoms with Crippen molar-refractivity contribution in [2.45, 2.75) is 13.3 Å². The molecule has 0 bridgehead atoms. The molecular formula is C21H18ClN3OS. The molecule has 0 spiro atoms. The minimum absolute atomic E-state index is 0.634. The van der Waals surface area contributed by atoms with Crippen molar-refractivity contribution in [2.24, 2.45) is 0 Å². The van der Waals surface area contributed by atoms with Gasteiger partial charge in [0.2, 0.25) is 0 Å². The van der Waals surface area contributed by atoms with E-state index in [4.69, 9.17) is 26.3 Å². The van der Waals surface area contributed by atoms with E-state index in [1.165, 1.54) is 10.4 Å². The van der Waals surface area contributed by atoms with Crippen LogP contribution < -0.4 is 10.1 Å². The molecule has 0 aliphatic rings. The number of anilines is 2. The van der Waals surface area contributed by atoms with Gasteiger partial charge < -0.3 is 10.1 Å². The molecule has 0 fully saturated rings.